The molecule has 0 radical (unpaired) electrons. The Kier molecular flexibility index (Phi) is 6.37. The smallest absolute Gasteiger partial charge is 0.361 e. The fraction of sp³-hybridized carbons (Fsp3) is 0.238. The molecular weight excluding hydrogens is 408 g/mol. The number of ether oxygens (including phenoxy) is 2. The first-order valence-electron chi connectivity index (χ1n) is 9.15. The normalized spacial score (nSPS) is 11.6. The van der Waals surface area contributed by atoms with E-state index in [1.807, 2.05) is 30.3 Å². The van der Waals surface area contributed by atoms with Gasteiger partial charge in [0, 0.05) is 11.1 Å². The molecule has 1 aromatic heterocycles. The number of anilines is 1. The van der Waals surface area contributed by atoms with Gasteiger partial charge in [-0.05, 0) is 44.5 Å². The van der Waals surface area contributed by atoms with E-state index in [9.17, 15) is 9.59 Å². The first kappa shape index (κ1) is 21.3. The molecule has 0 bridgehead atoms. The fourth-order valence-corrected chi connectivity index (χ4v) is 2.83. The van der Waals surface area contributed by atoms with E-state index >= 15 is 0 Å². The van der Waals surface area contributed by atoms with Gasteiger partial charge in [-0.2, -0.15) is 9.90 Å². The molecule has 3 rings (SSSR count). The molecule has 0 fully saturated rings. The summed E-state index contributed by atoms with van der Waals surface area (Å²) in [6, 6.07) is 12.5. The standard InChI is InChI=1S/C21H21ClN4O4/c1-12-10-17(18(29-4)11-16(12)22)23-20(27)14(3)30-21(28)19-13(2)24-26(25-19)15-8-6-5-7-9-15/h5-11,14H,1-4H3,(H,23,27)/t14-/m1/s1. The highest BCUT2D eigenvalue weighted by atomic mass is 35.5. The van der Waals surface area contributed by atoms with E-state index in [0.29, 0.717) is 27.8 Å². The first-order valence-corrected chi connectivity index (χ1v) is 9.53. The summed E-state index contributed by atoms with van der Waals surface area (Å²) in [6.45, 7) is 4.92. The summed E-state index contributed by atoms with van der Waals surface area (Å²) in [5, 5.41) is 11.6. The van der Waals surface area contributed by atoms with Crippen molar-refractivity contribution in [3.05, 3.63) is 64.4 Å². The molecule has 0 aliphatic rings. The lowest BCUT2D eigenvalue weighted by Crippen LogP contribution is -2.30. The molecule has 0 spiro atoms. The van der Waals surface area contributed by atoms with Crippen LogP contribution < -0.4 is 10.1 Å². The van der Waals surface area contributed by atoms with Crippen molar-refractivity contribution < 1.29 is 19.1 Å². The van der Waals surface area contributed by atoms with Crippen LogP contribution in [0.3, 0.4) is 0 Å². The van der Waals surface area contributed by atoms with Crippen molar-refractivity contribution >= 4 is 29.2 Å². The number of amides is 1. The zero-order valence-corrected chi connectivity index (χ0v) is 17.7. The zero-order valence-electron chi connectivity index (χ0n) is 17.0. The van der Waals surface area contributed by atoms with Gasteiger partial charge in [-0.3, -0.25) is 4.79 Å². The SMILES string of the molecule is COc1cc(Cl)c(C)cc1NC(=O)[C@@H](C)OC(=O)c1nn(-c2ccccc2)nc1C. The second-order valence-corrected chi connectivity index (χ2v) is 7.00. The van der Waals surface area contributed by atoms with Gasteiger partial charge in [0.1, 0.15) is 5.75 Å². The van der Waals surface area contributed by atoms with Crippen LogP contribution in [-0.2, 0) is 9.53 Å². The minimum atomic E-state index is -1.07. The van der Waals surface area contributed by atoms with E-state index in [-0.39, 0.29) is 5.69 Å². The average Bonchev–Trinajstić information content (AvgIpc) is 3.12. The number of methoxy groups -OCH3 is 1. The van der Waals surface area contributed by atoms with Gasteiger partial charge in [0.15, 0.2) is 11.8 Å². The number of aryl methyl sites for hydroxylation is 2. The number of benzene rings is 2. The molecule has 156 valence electrons. The van der Waals surface area contributed by atoms with Crippen LogP contribution in [0.25, 0.3) is 5.69 Å². The Morgan fingerprint density at radius 3 is 2.50 bits per heavy atom. The largest absolute Gasteiger partial charge is 0.495 e. The molecule has 0 saturated heterocycles. The molecule has 0 aliphatic heterocycles. The van der Waals surface area contributed by atoms with Crippen LogP contribution >= 0.6 is 11.6 Å². The third-order valence-electron chi connectivity index (χ3n) is 4.35. The summed E-state index contributed by atoms with van der Waals surface area (Å²) in [5.41, 5.74) is 2.34. The van der Waals surface area contributed by atoms with E-state index in [2.05, 4.69) is 15.5 Å². The molecular formula is C21H21ClN4O4. The third-order valence-corrected chi connectivity index (χ3v) is 4.76. The van der Waals surface area contributed by atoms with Gasteiger partial charge in [0.2, 0.25) is 0 Å². The van der Waals surface area contributed by atoms with Gasteiger partial charge in [-0.25, -0.2) is 4.79 Å². The van der Waals surface area contributed by atoms with Crippen LogP contribution in [0.5, 0.6) is 5.75 Å². The maximum absolute atomic E-state index is 12.5. The minimum absolute atomic E-state index is 0.0402. The molecule has 0 aliphatic carbocycles. The monoisotopic (exact) mass is 428 g/mol. The molecule has 1 amide bonds. The Morgan fingerprint density at radius 1 is 1.13 bits per heavy atom. The van der Waals surface area contributed by atoms with Crippen molar-refractivity contribution in [2.24, 2.45) is 0 Å². The number of nitrogens with zero attached hydrogens (tertiary/aromatic N) is 3. The maximum Gasteiger partial charge on any atom is 0.361 e. The van der Waals surface area contributed by atoms with E-state index in [1.54, 1.807) is 26.0 Å². The van der Waals surface area contributed by atoms with E-state index in [1.165, 1.54) is 18.8 Å². The summed E-state index contributed by atoms with van der Waals surface area (Å²) >= 11 is 6.08. The molecule has 8 nitrogen and oxygen atoms in total. The predicted octanol–water partition coefficient (Wildman–Crippen LogP) is 3.73. The fourth-order valence-electron chi connectivity index (χ4n) is 2.68. The lowest BCUT2D eigenvalue weighted by molar-refractivity contribution is -0.123. The van der Waals surface area contributed by atoms with Crippen LogP contribution in [-0.4, -0.2) is 40.1 Å². The van der Waals surface area contributed by atoms with Gasteiger partial charge < -0.3 is 14.8 Å². The highest BCUT2D eigenvalue weighted by molar-refractivity contribution is 6.31. The number of carbonyl (C=O) groups is 2. The summed E-state index contributed by atoms with van der Waals surface area (Å²) in [5.74, 6) is -0.854. The number of hydrogen-bond acceptors (Lipinski definition) is 6. The van der Waals surface area contributed by atoms with Crippen LogP contribution in [0, 0.1) is 13.8 Å². The van der Waals surface area contributed by atoms with Crippen molar-refractivity contribution in [3.63, 3.8) is 0 Å². The number of nitrogens with one attached hydrogen (secondary N) is 1. The van der Waals surface area contributed by atoms with E-state index in [4.69, 9.17) is 21.1 Å². The van der Waals surface area contributed by atoms with Crippen LogP contribution in [0.2, 0.25) is 5.02 Å². The molecule has 1 N–H and O–H groups in total. The van der Waals surface area contributed by atoms with Gasteiger partial charge in [0.25, 0.3) is 5.91 Å². The Hall–Kier alpha value is -3.39. The topological polar surface area (TPSA) is 95.3 Å². The van der Waals surface area contributed by atoms with E-state index in [0.717, 1.165) is 5.56 Å². The average molecular weight is 429 g/mol. The third kappa shape index (κ3) is 4.60. The van der Waals surface area contributed by atoms with Gasteiger partial charge in [0.05, 0.1) is 24.2 Å². The Balaban J connectivity index is 1.71. The number of aromatic nitrogens is 3. The summed E-state index contributed by atoms with van der Waals surface area (Å²) in [7, 11) is 1.47. The molecule has 0 unspecified atom stereocenters. The highest BCUT2D eigenvalue weighted by Gasteiger charge is 2.24. The number of hydrogen-bond donors (Lipinski definition) is 1. The molecule has 2 aromatic carbocycles. The Labute approximate surface area is 178 Å². The first-order chi connectivity index (χ1) is 14.3. The second kappa shape index (κ2) is 8.96. The maximum atomic E-state index is 12.5. The predicted molar refractivity (Wildman–Crippen MR) is 112 cm³/mol. The lowest BCUT2D eigenvalue weighted by Gasteiger charge is -2.15. The highest BCUT2D eigenvalue weighted by Crippen LogP contribution is 2.31. The molecule has 1 heterocycles. The molecule has 30 heavy (non-hydrogen) atoms. The number of halogens is 1. The number of rotatable bonds is 6. The molecule has 3 aromatic rings. The number of para-hydroxylation sites is 1. The summed E-state index contributed by atoms with van der Waals surface area (Å²) in [4.78, 5) is 26.4. The Morgan fingerprint density at radius 2 is 1.83 bits per heavy atom. The van der Waals surface area contributed by atoms with Crippen LogP contribution in [0.1, 0.15) is 28.7 Å². The number of carbonyl (C=O) groups excluding carboxylic acids is 2. The zero-order chi connectivity index (χ0) is 21.8. The van der Waals surface area contributed by atoms with Crippen molar-refractivity contribution in [1.29, 1.82) is 0 Å². The van der Waals surface area contributed by atoms with E-state index < -0.39 is 18.0 Å². The van der Waals surface area contributed by atoms with Crippen LogP contribution in [0.15, 0.2) is 42.5 Å². The van der Waals surface area contributed by atoms with Crippen molar-refractivity contribution in [3.8, 4) is 11.4 Å². The van der Waals surface area contributed by atoms with Gasteiger partial charge >= 0.3 is 5.97 Å². The molecule has 0 saturated carbocycles. The minimum Gasteiger partial charge on any atom is -0.495 e. The molecule has 1 atom stereocenters. The van der Waals surface area contributed by atoms with Gasteiger partial charge in [-0.15, -0.1) is 5.10 Å². The van der Waals surface area contributed by atoms with Crippen molar-refractivity contribution in [2.45, 2.75) is 26.9 Å². The summed E-state index contributed by atoms with van der Waals surface area (Å²) in [6.07, 6.45) is -1.07. The van der Waals surface area contributed by atoms with Crippen molar-refractivity contribution in [2.75, 3.05) is 12.4 Å². The van der Waals surface area contributed by atoms with Gasteiger partial charge in [-0.1, -0.05) is 29.8 Å². The number of esters is 1. The van der Waals surface area contributed by atoms with Crippen LogP contribution in [0.4, 0.5) is 5.69 Å². The molecule has 9 heteroatoms. The lowest BCUT2D eigenvalue weighted by atomic mass is 10.2. The second-order valence-electron chi connectivity index (χ2n) is 6.60. The Bertz CT molecular complexity index is 1080. The van der Waals surface area contributed by atoms with Crippen molar-refractivity contribution in [1.82, 2.24) is 15.0 Å². The summed E-state index contributed by atoms with van der Waals surface area (Å²) < 4.78 is 10.5. The quantitative estimate of drug-likeness (QED) is 0.601.